The standard InChI is InChI=1S/C28H41F/c1-3-5-7-22-11-16-25(17-12-22)26-18-13-23(14-19-26)9-10-24-15-20-27(8-6-4-2)28(29)21-24/h15,20-23,25-26H,3-8,11-14,16-19H2,1-2H3/t22-,23-,25-,26-. The van der Waals surface area contributed by atoms with Crippen molar-refractivity contribution in [2.75, 3.05) is 0 Å². The van der Waals surface area contributed by atoms with Gasteiger partial charge in [-0.25, -0.2) is 4.39 Å². The molecule has 0 amide bonds. The van der Waals surface area contributed by atoms with Crippen molar-refractivity contribution in [2.45, 2.75) is 104 Å². The van der Waals surface area contributed by atoms with Crippen LogP contribution in [0.1, 0.15) is 108 Å². The minimum absolute atomic E-state index is 0.0801. The summed E-state index contributed by atoms with van der Waals surface area (Å²) >= 11 is 0. The normalized spacial score (nSPS) is 27.3. The van der Waals surface area contributed by atoms with Crippen LogP contribution in [0.4, 0.5) is 4.39 Å². The highest BCUT2D eigenvalue weighted by atomic mass is 19.1. The molecule has 0 N–H and O–H groups in total. The van der Waals surface area contributed by atoms with Gasteiger partial charge in [-0.3, -0.25) is 0 Å². The predicted molar refractivity (Wildman–Crippen MR) is 122 cm³/mol. The van der Waals surface area contributed by atoms with Crippen LogP contribution in [0.5, 0.6) is 0 Å². The first-order valence-electron chi connectivity index (χ1n) is 12.5. The molecule has 1 aromatic carbocycles. The molecule has 0 radical (unpaired) electrons. The molecule has 1 heteroatoms. The molecule has 0 aliphatic heterocycles. The third-order valence-electron chi connectivity index (χ3n) is 7.57. The first-order valence-corrected chi connectivity index (χ1v) is 12.5. The van der Waals surface area contributed by atoms with Crippen LogP contribution in [-0.4, -0.2) is 0 Å². The fraction of sp³-hybridized carbons (Fsp3) is 0.714. The second-order valence-electron chi connectivity index (χ2n) is 9.71. The Morgan fingerprint density at radius 2 is 1.52 bits per heavy atom. The van der Waals surface area contributed by atoms with E-state index in [4.69, 9.17) is 0 Å². The lowest BCUT2D eigenvalue weighted by Gasteiger charge is -2.37. The molecule has 3 rings (SSSR count). The summed E-state index contributed by atoms with van der Waals surface area (Å²) in [7, 11) is 0. The Kier molecular flexibility index (Phi) is 9.10. The Morgan fingerprint density at radius 1 is 0.862 bits per heavy atom. The summed E-state index contributed by atoms with van der Waals surface area (Å²) in [5, 5.41) is 0. The van der Waals surface area contributed by atoms with Gasteiger partial charge in [0.2, 0.25) is 0 Å². The quantitative estimate of drug-likeness (QED) is 0.406. The summed E-state index contributed by atoms with van der Waals surface area (Å²) in [6.45, 7) is 4.46. The van der Waals surface area contributed by atoms with Crippen LogP contribution in [0.3, 0.4) is 0 Å². The Labute approximate surface area is 179 Å². The van der Waals surface area contributed by atoms with E-state index in [9.17, 15) is 4.39 Å². The Morgan fingerprint density at radius 3 is 2.14 bits per heavy atom. The second kappa shape index (κ2) is 11.8. The van der Waals surface area contributed by atoms with Gasteiger partial charge in [0.25, 0.3) is 0 Å². The van der Waals surface area contributed by atoms with Gasteiger partial charge in [0.1, 0.15) is 5.82 Å². The summed E-state index contributed by atoms with van der Waals surface area (Å²) in [5.41, 5.74) is 1.68. The molecule has 2 aliphatic rings. The molecule has 0 atom stereocenters. The lowest BCUT2D eigenvalue weighted by Crippen LogP contribution is -2.25. The largest absolute Gasteiger partial charge is 0.207 e. The first kappa shape index (κ1) is 22.4. The van der Waals surface area contributed by atoms with Crippen LogP contribution in [0.25, 0.3) is 0 Å². The summed E-state index contributed by atoms with van der Waals surface area (Å²) < 4.78 is 14.2. The minimum Gasteiger partial charge on any atom is -0.207 e. The maximum absolute atomic E-state index is 14.2. The monoisotopic (exact) mass is 396 g/mol. The molecule has 0 bridgehead atoms. The van der Waals surface area contributed by atoms with E-state index < -0.39 is 0 Å². The molecule has 2 saturated carbocycles. The average molecular weight is 397 g/mol. The number of aryl methyl sites for hydroxylation is 1. The van der Waals surface area contributed by atoms with Crippen molar-refractivity contribution in [3.63, 3.8) is 0 Å². The van der Waals surface area contributed by atoms with E-state index >= 15 is 0 Å². The van der Waals surface area contributed by atoms with Crippen molar-refractivity contribution >= 4 is 0 Å². The second-order valence-corrected chi connectivity index (χ2v) is 9.71. The van der Waals surface area contributed by atoms with Gasteiger partial charge in [0.15, 0.2) is 0 Å². The Balaban J connectivity index is 1.43. The highest BCUT2D eigenvalue weighted by molar-refractivity contribution is 5.37. The van der Waals surface area contributed by atoms with E-state index in [1.807, 2.05) is 12.1 Å². The Bertz CT molecular complexity index is 663. The summed E-state index contributed by atoms with van der Waals surface area (Å²) in [6, 6.07) is 5.58. The summed E-state index contributed by atoms with van der Waals surface area (Å²) in [5.74, 6) is 10.1. The van der Waals surface area contributed by atoms with Crippen LogP contribution >= 0.6 is 0 Å². The van der Waals surface area contributed by atoms with Crippen LogP contribution in [-0.2, 0) is 6.42 Å². The lowest BCUT2D eigenvalue weighted by atomic mass is 9.69. The number of unbranched alkanes of at least 4 members (excludes halogenated alkanes) is 2. The summed E-state index contributed by atoms with van der Waals surface area (Å²) in [4.78, 5) is 0. The average Bonchev–Trinajstić information content (AvgIpc) is 2.76. The third-order valence-corrected chi connectivity index (χ3v) is 7.57. The molecule has 0 heterocycles. The zero-order chi connectivity index (χ0) is 20.5. The molecule has 1 aromatic rings. The number of halogens is 1. The maximum atomic E-state index is 14.2. The molecule has 0 spiro atoms. The van der Waals surface area contributed by atoms with Crippen molar-refractivity contribution in [3.8, 4) is 11.8 Å². The maximum Gasteiger partial charge on any atom is 0.127 e. The van der Waals surface area contributed by atoms with Gasteiger partial charge >= 0.3 is 0 Å². The van der Waals surface area contributed by atoms with Crippen molar-refractivity contribution < 1.29 is 4.39 Å². The summed E-state index contributed by atoms with van der Waals surface area (Å²) in [6.07, 6.45) is 18.3. The van der Waals surface area contributed by atoms with Crippen molar-refractivity contribution in [2.24, 2.45) is 23.7 Å². The van der Waals surface area contributed by atoms with Crippen LogP contribution < -0.4 is 0 Å². The van der Waals surface area contributed by atoms with E-state index in [0.29, 0.717) is 5.92 Å². The van der Waals surface area contributed by atoms with Gasteiger partial charge in [-0.15, -0.1) is 0 Å². The fourth-order valence-electron chi connectivity index (χ4n) is 5.56. The van der Waals surface area contributed by atoms with Gasteiger partial charge in [-0.2, -0.15) is 0 Å². The first-order chi connectivity index (χ1) is 14.2. The van der Waals surface area contributed by atoms with E-state index in [-0.39, 0.29) is 5.82 Å². The molecular formula is C28H41F. The van der Waals surface area contributed by atoms with E-state index in [1.165, 1.54) is 70.6 Å². The molecular weight excluding hydrogens is 355 g/mol. The van der Waals surface area contributed by atoms with Gasteiger partial charge in [0, 0.05) is 11.5 Å². The number of benzene rings is 1. The SMILES string of the molecule is CCCCc1ccc(C#C[C@H]2CC[C@H]([C@H]3CC[C@H](CCCC)CC3)CC2)cc1F. The van der Waals surface area contributed by atoms with Crippen LogP contribution in [0.2, 0.25) is 0 Å². The third kappa shape index (κ3) is 6.87. The number of hydrogen-bond donors (Lipinski definition) is 0. The smallest absolute Gasteiger partial charge is 0.127 e. The van der Waals surface area contributed by atoms with Crippen molar-refractivity contribution in [1.29, 1.82) is 0 Å². The Hall–Kier alpha value is -1.29. The van der Waals surface area contributed by atoms with Crippen molar-refractivity contribution in [1.82, 2.24) is 0 Å². The van der Waals surface area contributed by atoms with E-state index in [2.05, 4.69) is 25.7 Å². The van der Waals surface area contributed by atoms with Crippen molar-refractivity contribution in [3.05, 3.63) is 35.1 Å². The molecule has 160 valence electrons. The highest BCUT2D eigenvalue weighted by Gasteiger charge is 2.30. The molecule has 29 heavy (non-hydrogen) atoms. The zero-order valence-corrected chi connectivity index (χ0v) is 18.8. The fourth-order valence-corrected chi connectivity index (χ4v) is 5.56. The molecule has 2 fully saturated rings. The van der Waals surface area contributed by atoms with E-state index in [1.54, 1.807) is 6.07 Å². The predicted octanol–water partition coefficient (Wildman–Crippen LogP) is 8.32. The molecule has 0 nitrogen and oxygen atoms in total. The van der Waals surface area contributed by atoms with Crippen LogP contribution in [0, 0.1) is 41.3 Å². The highest BCUT2D eigenvalue weighted by Crippen LogP contribution is 2.42. The van der Waals surface area contributed by atoms with Gasteiger partial charge in [-0.05, 0) is 86.8 Å². The molecule has 2 aliphatic carbocycles. The molecule has 0 unspecified atom stereocenters. The van der Waals surface area contributed by atoms with Gasteiger partial charge in [-0.1, -0.05) is 70.3 Å². The molecule has 0 saturated heterocycles. The zero-order valence-electron chi connectivity index (χ0n) is 18.8. The van der Waals surface area contributed by atoms with Gasteiger partial charge in [0.05, 0.1) is 0 Å². The molecule has 0 aromatic heterocycles. The van der Waals surface area contributed by atoms with Crippen LogP contribution in [0.15, 0.2) is 18.2 Å². The van der Waals surface area contributed by atoms with E-state index in [0.717, 1.165) is 48.1 Å². The lowest BCUT2D eigenvalue weighted by molar-refractivity contribution is 0.153. The van der Waals surface area contributed by atoms with Gasteiger partial charge < -0.3 is 0 Å². The number of hydrogen-bond acceptors (Lipinski definition) is 0. The topological polar surface area (TPSA) is 0 Å². The number of rotatable bonds is 7. The minimum atomic E-state index is -0.0801.